The first-order valence-corrected chi connectivity index (χ1v) is 5.65. The number of carbonyl (C=O) groups is 1. The molecule has 0 saturated carbocycles. The summed E-state index contributed by atoms with van der Waals surface area (Å²) < 4.78 is 10.1. The second kappa shape index (κ2) is 6.91. The largest absolute Gasteiger partial charge is 0.449 e. The molecule has 0 saturated heterocycles. The Bertz CT molecular complexity index is 348. The predicted molar refractivity (Wildman–Crippen MR) is 67.2 cm³/mol. The van der Waals surface area contributed by atoms with E-state index in [1.807, 2.05) is 38.1 Å². The van der Waals surface area contributed by atoms with E-state index in [2.05, 4.69) is 5.32 Å². The molecule has 94 valence electrons. The number of rotatable bonds is 5. The number of anilines is 1. The van der Waals surface area contributed by atoms with Gasteiger partial charge in [0.25, 0.3) is 0 Å². The first-order valence-electron chi connectivity index (χ1n) is 5.65. The zero-order valence-corrected chi connectivity index (χ0v) is 10.5. The molecule has 0 fully saturated rings. The van der Waals surface area contributed by atoms with E-state index in [1.165, 1.54) is 0 Å². The van der Waals surface area contributed by atoms with Crippen LogP contribution < -0.4 is 5.32 Å². The first-order chi connectivity index (χ1) is 8.11. The molecule has 17 heavy (non-hydrogen) atoms. The van der Waals surface area contributed by atoms with Crippen LogP contribution in [0.15, 0.2) is 24.3 Å². The minimum absolute atomic E-state index is 0.0992. The number of hydrogen-bond acceptors (Lipinski definition) is 3. The molecule has 0 aliphatic heterocycles. The molecule has 1 rings (SSSR count). The van der Waals surface area contributed by atoms with Crippen LogP contribution in [-0.2, 0) is 9.47 Å². The zero-order valence-electron chi connectivity index (χ0n) is 10.5. The molecular formula is C13H19NO3. The van der Waals surface area contributed by atoms with Crippen LogP contribution in [0.3, 0.4) is 0 Å². The van der Waals surface area contributed by atoms with Crippen molar-refractivity contribution in [2.24, 2.45) is 0 Å². The van der Waals surface area contributed by atoms with Gasteiger partial charge in [0.1, 0.15) is 0 Å². The number of benzene rings is 1. The third-order valence-electron chi connectivity index (χ3n) is 2.46. The molecule has 0 aromatic heterocycles. The van der Waals surface area contributed by atoms with Gasteiger partial charge in [-0.15, -0.1) is 0 Å². The fourth-order valence-corrected chi connectivity index (χ4v) is 1.23. The summed E-state index contributed by atoms with van der Waals surface area (Å²) in [5.74, 6) is 0. The van der Waals surface area contributed by atoms with E-state index in [9.17, 15) is 4.79 Å². The number of aryl methyl sites for hydroxylation is 1. The molecule has 1 amide bonds. The highest BCUT2D eigenvalue weighted by Gasteiger charge is 2.04. The van der Waals surface area contributed by atoms with Crippen LogP contribution in [-0.4, -0.2) is 25.9 Å². The van der Waals surface area contributed by atoms with E-state index in [-0.39, 0.29) is 6.10 Å². The minimum atomic E-state index is -0.433. The van der Waals surface area contributed by atoms with Crippen molar-refractivity contribution >= 4 is 11.8 Å². The Labute approximate surface area is 102 Å². The maximum absolute atomic E-state index is 11.4. The van der Waals surface area contributed by atoms with Crippen LogP contribution in [0.25, 0.3) is 0 Å². The predicted octanol–water partition coefficient (Wildman–Crippen LogP) is 2.97. The van der Waals surface area contributed by atoms with Gasteiger partial charge >= 0.3 is 6.09 Å². The Morgan fingerprint density at radius 3 is 2.59 bits per heavy atom. The van der Waals surface area contributed by atoms with Crippen LogP contribution in [0.1, 0.15) is 18.9 Å². The van der Waals surface area contributed by atoms with E-state index in [4.69, 9.17) is 9.47 Å². The van der Waals surface area contributed by atoms with E-state index < -0.39 is 6.09 Å². The van der Waals surface area contributed by atoms with Crippen LogP contribution in [0.4, 0.5) is 10.5 Å². The number of methoxy groups -OCH3 is 1. The van der Waals surface area contributed by atoms with Crippen LogP contribution in [0.2, 0.25) is 0 Å². The molecule has 4 heteroatoms. The SMILES string of the molecule is COC(C)CCOC(=O)Nc1ccc(C)cc1. The van der Waals surface area contributed by atoms with E-state index in [0.717, 1.165) is 11.3 Å². The van der Waals surface area contributed by atoms with E-state index >= 15 is 0 Å². The zero-order chi connectivity index (χ0) is 12.7. The number of hydrogen-bond donors (Lipinski definition) is 1. The van der Waals surface area contributed by atoms with Crippen molar-refractivity contribution in [3.8, 4) is 0 Å². The van der Waals surface area contributed by atoms with Crippen LogP contribution in [0.5, 0.6) is 0 Å². The van der Waals surface area contributed by atoms with Gasteiger partial charge < -0.3 is 9.47 Å². The van der Waals surface area contributed by atoms with Gasteiger partial charge in [0.15, 0.2) is 0 Å². The summed E-state index contributed by atoms with van der Waals surface area (Å²) in [4.78, 5) is 11.4. The highest BCUT2D eigenvalue weighted by Crippen LogP contribution is 2.08. The normalized spacial score (nSPS) is 11.9. The molecule has 1 atom stereocenters. The third-order valence-corrected chi connectivity index (χ3v) is 2.46. The maximum Gasteiger partial charge on any atom is 0.411 e. The molecule has 0 heterocycles. The molecule has 1 aromatic rings. The van der Waals surface area contributed by atoms with Crippen LogP contribution in [0, 0.1) is 6.92 Å². The smallest absolute Gasteiger partial charge is 0.411 e. The third kappa shape index (κ3) is 5.36. The fraction of sp³-hybridized carbons (Fsp3) is 0.462. The lowest BCUT2D eigenvalue weighted by atomic mass is 10.2. The monoisotopic (exact) mass is 237 g/mol. The number of amides is 1. The van der Waals surface area contributed by atoms with Gasteiger partial charge in [-0.25, -0.2) is 4.79 Å². The number of ether oxygens (including phenoxy) is 2. The van der Waals surface area contributed by atoms with Crippen molar-refractivity contribution in [1.29, 1.82) is 0 Å². The summed E-state index contributed by atoms with van der Waals surface area (Å²) >= 11 is 0. The average Bonchev–Trinajstić information content (AvgIpc) is 2.32. The van der Waals surface area contributed by atoms with Gasteiger partial charge in [0, 0.05) is 19.2 Å². The summed E-state index contributed by atoms with van der Waals surface area (Å²) in [7, 11) is 1.64. The second-order valence-corrected chi connectivity index (χ2v) is 3.96. The Hall–Kier alpha value is -1.55. The second-order valence-electron chi connectivity index (χ2n) is 3.96. The molecule has 0 bridgehead atoms. The van der Waals surface area contributed by atoms with Crippen molar-refractivity contribution in [1.82, 2.24) is 0 Å². The molecule has 1 N–H and O–H groups in total. The van der Waals surface area contributed by atoms with E-state index in [0.29, 0.717) is 13.0 Å². The average molecular weight is 237 g/mol. The molecule has 0 radical (unpaired) electrons. The Morgan fingerprint density at radius 1 is 1.35 bits per heavy atom. The first kappa shape index (κ1) is 13.5. The molecular weight excluding hydrogens is 218 g/mol. The molecule has 0 aliphatic carbocycles. The summed E-state index contributed by atoms with van der Waals surface area (Å²) in [6.45, 7) is 4.28. The highest BCUT2D eigenvalue weighted by molar-refractivity contribution is 5.84. The molecule has 0 spiro atoms. The van der Waals surface area contributed by atoms with Gasteiger partial charge in [0.05, 0.1) is 12.7 Å². The fourth-order valence-electron chi connectivity index (χ4n) is 1.23. The van der Waals surface area contributed by atoms with Gasteiger partial charge in [-0.2, -0.15) is 0 Å². The van der Waals surface area contributed by atoms with Crippen molar-refractivity contribution < 1.29 is 14.3 Å². The Kier molecular flexibility index (Phi) is 5.49. The Balaban J connectivity index is 2.27. The van der Waals surface area contributed by atoms with Crippen LogP contribution >= 0.6 is 0 Å². The van der Waals surface area contributed by atoms with Crippen molar-refractivity contribution in [3.63, 3.8) is 0 Å². The van der Waals surface area contributed by atoms with Crippen molar-refractivity contribution in [2.75, 3.05) is 19.0 Å². The number of nitrogens with one attached hydrogen (secondary N) is 1. The van der Waals surface area contributed by atoms with Crippen molar-refractivity contribution in [2.45, 2.75) is 26.4 Å². The summed E-state index contributed by atoms with van der Waals surface area (Å²) in [6, 6.07) is 7.55. The lowest BCUT2D eigenvalue weighted by Crippen LogP contribution is -2.17. The molecule has 1 unspecified atom stereocenters. The lowest BCUT2D eigenvalue weighted by molar-refractivity contribution is 0.0836. The topological polar surface area (TPSA) is 47.6 Å². The molecule has 4 nitrogen and oxygen atoms in total. The standard InChI is InChI=1S/C13H19NO3/c1-10-4-6-12(7-5-10)14-13(15)17-9-8-11(2)16-3/h4-7,11H,8-9H2,1-3H3,(H,14,15). The Morgan fingerprint density at radius 2 is 2.00 bits per heavy atom. The highest BCUT2D eigenvalue weighted by atomic mass is 16.5. The maximum atomic E-state index is 11.4. The van der Waals surface area contributed by atoms with E-state index in [1.54, 1.807) is 7.11 Å². The lowest BCUT2D eigenvalue weighted by Gasteiger charge is -2.10. The minimum Gasteiger partial charge on any atom is -0.449 e. The molecule has 1 aromatic carbocycles. The van der Waals surface area contributed by atoms with Gasteiger partial charge in [-0.05, 0) is 26.0 Å². The number of carbonyl (C=O) groups excluding carboxylic acids is 1. The summed E-state index contributed by atoms with van der Waals surface area (Å²) in [5.41, 5.74) is 1.89. The van der Waals surface area contributed by atoms with Crippen molar-refractivity contribution in [3.05, 3.63) is 29.8 Å². The quantitative estimate of drug-likeness (QED) is 0.856. The van der Waals surface area contributed by atoms with Gasteiger partial charge in [-0.3, -0.25) is 5.32 Å². The van der Waals surface area contributed by atoms with Gasteiger partial charge in [0.2, 0.25) is 0 Å². The molecule has 0 aliphatic rings. The summed E-state index contributed by atoms with van der Waals surface area (Å²) in [6.07, 6.45) is 0.358. The van der Waals surface area contributed by atoms with Gasteiger partial charge in [-0.1, -0.05) is 17.7 Å². The summed E-state index contributed by atoms with van der Waals surface area (Å²) in [5, 5.41) is 2.66.